The van der Waals surface area contributed by atoms with Crippen molar-refractivity contribution >= 4 is 10.0 Å². The number of rotatable bonds is 3. The average molecular weight is 277 g/mol. The fourth-order valence-electron chi connectivity index (χ4n) is 2.52. The van der Waals surface area contributed by atoms with E-state index < -0.39 is 10.0 Å². The minimum Gasteiger partial charge on any atom is -0.468 e. The van der Waals surface area contributed by atoms with Gasteiger partial charge < -0.3 is 4.42 Å². The Hall–Kier alpha value is -1.59. The molecule has 1 saturated heterocycles. The topological polar surface area (TPSA) is 50.5 Å². The maximum Gasteiger partial charge on any atom is 0.243 e. The molecule has 19 heavy (non-hydrogen) atoms. The van der Waals surface area contributed by atoms with Gasteiger partial charge in [0.1, 0.15) is 5.76 Å². The SMILES string of the molecule is O=S(=O)(c1ccccc1)N1CCC[C@@H]1c1ccco1. The molecule has 100 valence electrons. The van der Waals surface area contributed by atoms with Crippen LogP contribution in [0.5, 0.6) is 0 Å². The van der Waals surface area contributed by atoms with Crippen LogP contribution in [0.15, 0.2) is 58.0 Å². The Balaban J connectivity index is 1.97. The molecule has 0 radical (unpaired) electrons. The first-order chi connectivity index (χ1) is 9.19. The zero-order valence-electron chi connectivity index (χ0n) is 10.4. The molecule has 1 aliphatic rings. The molecule has 1 aromatic carbocycles. The van der Waals surface area contributed by atoms with Gasteiger partial charge in [-0.25, -0.2) is 8.42 Å². The molecule has 5 heteroatoms. The molecule has 0 amide bonds. The molecular formula is C14H15NO3S. The molecule has 0 N–H and O–H groups in total. The number of nitrogens with zero attached hydrogens (tertiary/aromatic N) is 1. The zero-order valence-corrected chi connectivity index (χ0v) is 11.2. The van der Waals surface area contributed by atoms with E-state index in [9.17, 15) is 8.42 Å². The number of hydrogen-bond donors (Lipinski definition) is 0. The highest BCUT2D eigenvalue weighted by atomic mass is 32.2. The third-order valence-electron chi connectivity index (χ3n) is 3.43. The lowest BCUT2D eigenvalue weighted by molar-refractivity contribution is 0.340. The van der Waals surface area contributed by atoms with Gasteiger partial charge in [0.05, 0.1) is 17.2 Å². The largest absolute Gasteiger partial charge is 0.468 e. The first kappa shape index (κ1) is 12.4. The second kappa shape index (κ2) is 4.83. The van der Waals surface area contributed by atoms with Crippen LogP contribution in [0.3, 0.4) is 0 Å². The minimum atomic E-state index is -3.44. The van der Waals surface area contributed by atoms with Crippen molar-refractivity contribution in [1.82, 2.24) is 4.31 Å². The second-order valence-corrected chi connectivity index (χ2v) is 6.49. The summed E-state index contributed by atoms with van der Waals surface area (Å²) in [7, 11) is -3.44. The minimum absolute atomic E-state index is 0.180. The van der Waals surface area contributed by atoms with Crippen LogP contribution in [0.4, 0.5) is 0 Å². The van der Waals surface area contributed by atoms with Crippen molar-refractivity contribution in [3.8, 4) is 0 Å². The third-order valence-corrected chi connectivity index (χ3v) is 5.35. The molecule has 0 saturated carbocycles. The number of hydrogen-bond acceptors (Lipinski definition) is 3. The summed E-state index contributed by atoms with van der Waals surface area (Å²) in [6, 6.07) is 12.0. The number of benzene rings is 1. The molecule has 1 fully saturated rings. The van der Waals surface area contributed by atoms with Gasteiger partial charge >= 0.3 is 0 Å². The predicted octanol–water partition coefficient (Wildman–Crippen LogP) is 2.81. The number of sulfonamides is 1. The van der Waals surface area contributed by atoms with E-state index in [1.165, 1.54) is 0 Å². The molecule has 0 unspecified atom stereocenters. The number of furan rings is 1. The Bertz CT molecular complexity index is 635. The summed E-state index contributed by atoms with van der Waals surface area (Å²) in [5, 5.41) is 0. The van der Waals surface area contributed by atoms with Crippen LogP contribution in [0.1, 0.15) is 24.6 Å². The highest BCUT2D eigenvalue weighted by Gasteiger charge is 2.37. The molecule has 1 aromatic heterocycles. The molecule has 1 atom stereocenters. The Labute approximate surface area is 112 Å². The van der Waals surface area contributed by atoms with Crippen LogP contribution in [0.25, 0.3) is 0 Å². The Morgan fingerprint density at radius 3 is 2.58 bits per heavy atom. The van der Waals surface area contributed by atoms with Crippen molar-refractivity contribution in [2.24, 2.45) is 0 Å². The van der Waals surface area contributed by atoms with Crippen LogP contribution in [0.2, 0.25) is 0 Å². The Morgan fingerprint density at radius 1 is 1.11 bits per heavy atom. The van der Waals surface area contributed by atoms with Gasteiger partial charge in [-0.3, -0.25) is 0 Å². The summed E-state index contributed by atoms with van der Waals surface area (Å²) in [5.41, 5.74) is 0. The Kier molecular flexibility index (Phi) is 3.16. The van der Waals surface area contributed by atoms with E-state index in [2.05, 4.69) is 0 Å². The lowest BCUT2D eigenvalue weighted by Crippen LogP contribution is -2.30. The van der Waals surface area contributed by atoms with Crippen molar-refractivity contribution in [3.63, 3.8) is 0 Å². The summed E-state index contributed by atoms with van der Waals surface area (Å²) in [4.78, 5) is 0.341. The van der Waals surface area contributed by atoms with Crippen LogP contribution >= 0.6 is 0 Å². The van der Waals surface area contributed by atoms with Gasteiger partial charge in [-0.15, -0.1) is 0 Å². The van der Waals surface area contributed by atoms with E-state index >= 15 is 0 Å². The molecule has 4 nitrogen and oxygen atoms in total. The van der Waals surface area contributed by atoms with E-state index in [0.717, 1.165) is 18.6 Å². The predicted molar refractivity (Wildman–Crippen MR) is 71.0 cm³/mol. The van der Waals surface area contributed by atoms with E-state index in [4.69, 9.17) is 4.42 Å². The van der Waals surface area contributed by atoms with Crippen molar-refractivity contribution in [2.75, 3.05) is 6.54 Å². The summed E-state index contributed by atoms with van der Waals surface area (Å²) >= 11 is 0. The summed E-state index contributed by atoms with van der Waals surface area (Å²) in [6.45, 7) is 0.544. The summed E-state index contributed by atoms with van der Waals surface area (Å²) in [5.74, 6) is 0.719. The van der Waals surface area contributed by atoms with Gasteiger partial charge in [0.25, 0.3) is 0 Å². The van der Waals surface area contributed by atoms with Crippen LogP contribution in [-0.2, 0) is 10.0 Å². The van der Waals surface area contributed by atoms with Gasteiger partial charge in [-0.1, -0.05) is 18.2 Å². The van der Waals surface area contributed by atoms with Gasteiger partial charge in [0, 0.05) is 6.54 Å². The molecule has 2 aromatic rings. The van der Waals surface area contributed by atoms with E-state index in [-0.39, 0.29) is 6.04 Å². The van der Waals surface area contributed by atoms with Crippen LogP contribution in [-0.4, -0.2) is 19.3 Å². The quantitative estimate of drug-likeness (QED) is 0.866. The summed E-state index contributed by atoms with van der Waals surface area (Å²) in [6.07, 6.45) is 3.25. The summed E-state index contributed by atoms with van der Waals surface area (Å²) < 4.78 is 32.2. The van der Waals surface area contributed by atoms with Crippen molar-refractivity contribution in [1.29, 1.82) is 0 Å². The lowest BCUT2D eigenvalue weighted by atomic mass is 10.2. The molecule has 3 rings (SSSR count). The van der Waals surface area contributed by atoms with Gasteiger partial charge in [0.15, 0.2) is 0 Å². The highest BCUT2D eigenvalue weighted by molar-refractivity contribution is 7.89. The van der Waals surface area contributed by atoms with Crippen molar-refractivity contribution in [2.45, 2.75) is 23.8 Å². The fraction of sp³-hybridized carbons (Fsp3) is 0.286. The molecule has 0 bridgehead atoms. The fourth-order valence-corrected chi connectivity index (χ4v) is 4.21. The van der Waals surface area contributed by atoms with Gasteiger partial charge in [0.2, 0.25) is 10.0 Å². The van der Waals surface area contributed by atoms with Crippen LogP contribution < -0.4 is 0 Å². The van der Waals surface area contributed by atoms with Crippen LogP contribution in [0, 0.1) is 0 Å². The highest BCUT2D eigenvalue weighted by Crippen LogP contribution is 2.36. The maximum absolute atomic E-state index is 12.6. The van der Waals surface area contributed by atoms with E-state index in [0.29, 0.717) is 11.4 Å². The van der Waals surface area contributed by atoms with E-state index in [1.807, 2.05) is 12.1 Å². The maximum atomic E-state index is 12.6. The third kappa shape index (κ3) is 2.19. The van der Waals surface area contributed by atoms with Crippen molar-refractivity contribution < 1.29 is 12.8 Å². The molecule has 0 spiro atoms. The lowest BCUT2D eigenvalue weighted by Gasteiger charge is -2.22. The normalized spacial score (nSPS) is 20.7. The van der Waals surface area contributed by atoms with E-state index in [1.54, 1.807) is 40.9 Å². The van der Waals surface area contributed by atoms with Gasteiger partial charge in [-0.05, 0) is 37.1 Å². The molecule has 1 aliphatic heterocycles. The average Bonchev–Trinajstić information content (AvgIpc) is 3.10. The second-order valence-electron chi connectivity index (χ2n) is 4.60. The molecule has 0 aliphatic carbocycles. The molecule has 2 heterocycles. The van der Waals surface area contributed by atoms with Crippen molar-refractivity contribution in [3.05, 3.63) is 54.5 Å². The molecular weight excluding hydrogens is 262 g/mol. The standard InChI is InChI=1S/C14H15NO3S/c16-19(17,12-6-2-1-3-7-12)15-10-4-8-13(15)14-9-5-11-18-14/h1-3,5-7,9,11,13H,4,8,10H2/t13-/m1/s1. The zero-order chi connectivity index (χ0) is 13.3. The Morgan fingerprint density at radius 2 is 1.89 bits per heavy atom. The first-order valence-corrected chi connectivity index (χ1v) is 7.74. The first-order valence-electron chi connectivity index (χ1n) is 6.30. The van der Waals surface area contributed by atoms with Gasteiger partial charge in [-0.2, -0.15) is 4.31 Å². The monoisotopic (exact) mass is 277 g/mol. The smallest absolute Gasteiger partial charge is 0.243 e.